The van der Waals surface area contributed by atoms with Crippen LogP contribution in [0.1, 0.15) is 59.8 Å². The number of hydrogen-bond donors (Lipinski definition) is 1. The van der Waals surface area contributed by atoms with Crippen LogP contribution < -0.4 is 5.32 Å². The highest BCUT2D eigenvalue weighted by Gasteiger charge is 2.34. The lowest BCUT2D eigenvalue weighted by molar-refractivity contribution is -0.140. The van der Waals surface area contributed by atoms with Gasteiger partial charge < -0.3 is 9.88 Å². The minimum atomic E-state index is -4.49. The number of anilines is 1. The van der Waals surface area contributed by atoms with Crippen LogP contribution in [0.5, 0.6) is 0 Å². The van der Waals surface area contributed by atoms with E-state index in [0.717, 1.165) is 59.1 Å². The molecule has 5 nitrogen and oxygen atoms in total. The third-order valence-electron chi connectivity index (χ3n) is 7.02. The maximum Gasteiger partial charge on any atom is 0.434 e. The van der Waals surface area contributed by atoms with E-state index in [1.54, 1.807) is 19.2 Å². The zero-order chi connectivity index (χ0) is 27.0. The Morgan fingerprint density at radius 3 is 2.45 bits per heavy atom. The lowest BCUT2D eigenvalue weighted by Gasteiger charge is -2.19. The summed E-state index contributed by atoms with van der Waals surface area (Å²) in [4.78, 5) is 8.75. The fourth-order valence-electron chi connectivity index (χ4n) is 5.13. The summed E-state index contributed by atoms with van der Waals surface area (Å²) in [7, 11) is 1.55. The van der Waals surface area contributed by atoms with Crippen LogP contribution in [0.3, 0.4) is 0 Å². The fourth-order valence-corrected chi connectivity index (χ4v) is 5.13. The smallest absolute Gasteiger partial charge is 0.380 e. The highest BCUT2D eigenvalue weighted by atomic mass is 19.4. The number of imidazole rings is 1. The van der Waals surface area contributed by atoms with Crippen molar-refractivity contribution in [2.24, 2.45) is 7.05 Å². The molecule has 0 spiro atoms. The van der Waals surface area contributed by atoms with E-state index in [-0.39, 0.29) is 11.7 Å². The standard InChI is InChI=1S/C30H28F3N5/c1-18(2)21-7-4-5-8-22(21)28-24(15-34)27(23-9-6-10-25(23)36-28)35-16-19-11-13-20(14-12-19)29-37-26(17-38(29)3)30(31,32)33/h4-5,7-8,11-14,17-18H,6,9-10,16H2,1-3H3,(H,35,36). The van der Waals surface area contributed by atoms with Crippen molar-refractivity contribution in [1.82, 2.24) is 14.5 Å². The topological polar surface area (TPSA) is 66.5 Å². The van der Waals surface area contributed by atoms with Crippen LogP contribution in [0.2, 0.25) is 0 Å². The second-order valence-corrected chi connectivity index (χ2v) is 9.95. The van der Waals surface area contributed by atoms with Gasteiger partial charge in [-0.2, -0.15) is 18.4 Å². The van der Waals surface area contributed by atoms with Crippen molar-refractivity contribution >= 4 is 5.69 Å². The fraction of sp³-hybridized carbons (Fsp3) is 0.300. The summed E-state index contributed by atoms with van der Waals surface area (Å²) in [6, 6.07) is 17.8. The monoisotopic (exact) mass is 515 g/mol. The Labute approximate surface area is 220 Å². The van der Waals surface area contributed by atoms with Gasteiger partial charge in [-0.1, -0.05) is 62.4 Å². The number of benzene rings is 2. The molecule has 0 amide bonds. The summed E-state index contributed by atoms with van der Waals surface area (Å²) < 4.78 is 40.6. The Morgan fingerprint density at radius 1 is 1.05 bits per heavy atom. The third-order valence-corrected chi connectivity index (χ3v) is 7.02. The van der Waals surface area contributed by atoms with Crippen LogP contribution in [-0.4, -0.2) is 14.5 Å². The summed E-state index contributed by atoms with van der Waals surface area (Å²) in [6.45, 7) is 4.73. The number of aryl methyl sites for hydroxylation is 2. The first-order valence-corrected chi connectivity index (χ1v) is 12.7. The van der Waals surface area contributed by atoms with Gasteiger partial charge in [-0.25, -0.2) is 4.98 Å². The SMILES string of the molecule is CC(C)c1ccccc1-c1nc2c(c(NCc3ccc(-c4nc(C(F)(F)F)cn4C)cc3)c1C#N)CCC2. The molecule has 0 saturated heterocycles. The average molecular weight is 516 g/mol. The Morgan fingerprint density at radius 2 is 1.79 bits per heavy atom. The van der Waals surface area contributed by atoms with Crippen molar-refractivity contribution in [3.8, 4) is 28.7 Å². The molecule has 0 unspecified atom stereocenters. The summed E-state index contributed by atoms with van der Waals surface area (Å²) in [6.07, 6.45) is -0.754. The second-order valence-electron chi connectivity index (χ2n) is 9.95. The van der Waals surface area contributed by atoms with E-state index in [9.17, 15) is 18.4 Å². The Balaban J connectivity index is 1.46. The minimum Gasteiger partial charge on any atom is -0.380 e. The van der Waals surface area contributed by atoms with Gasteiger partial charge in [0, 0.05) is 36.6 Å². The van der Waals surface area contributed by atoms with Crippen LogP contribution in [0.4, 0.5) is 18.9 Å². The lowest BCUT2D eigenvalue weighted by atomic mass is 9.92. The van der Waals surface area contributed by atoms with Crippen molar-refractivity contribution < 1.29 is 13.2 Å². The van der Waals surface area contributed by atoms with E-state index in [4.69, 9.17) is 4.98 Å². The largest absolute Gasteiger partial charge is 0.434 e. The molecular formula is C30H28F3N5. The van der Waals surface area contributed by atoms with Gasteiger partial charge in [0.2, 0.25) is 0 Å². The van der Waals surface area contributed by atoms with E-state index >= 15 is 0 Å². The molecule has 1 aliphatic carbocycles. The molecule has 8 heteroatoms. The number of alkyl halides is 3. The minimum absolute atomic E-state index is 0.254. The van der Waals surface area contributed by atoms with Crippen LogP contribution >= 0.6 is 0 Å². The maximum atomic E-state index is 13.1. The molecule has 38 heavy (non-hydrogen) atoms. The van der Waals surface area contributed by atoms with Gasteiger partial charge in [-0.3, -0.25) is 4.98 Å². The number of pyridine rings is 1. The first-order valence-electron chi connectivity index (χ1n) is 12.7. The maximum absolute atomic E-state index is 13.1. The molecule has 4 aromatic rings. The molecule has 2 aromatic heterocycles. The molecule has 1 aliphatic rings. The van der Waals surface area contributed by atoms with Crippen molar-refractivity contribution in [2.75, 3.05) is 5.32 Å². The molecule has 1 N–H and O–H groups in total. The van der Waals surface area contributed by atoms with Crippen LogP contribution in [0.25, 0.3) is 22.6 Å². The highest BCUT2D eigenvalue weighted by molar-refractivity contribution is 5.80. The Bertz CT molecular complexity index is 1530. The van der Waals surface area contributed by atoms with Crippen molar-refractivity contribution in [3.05, 3.63) is 88.4 Å². The molecule has 0 fully saturated rings. The molecule has 0 atom stereocenters. The predicted molar refractivity (Wildman–Crippen MR) is 141 cm³/mol. The van der Waals surface area contributed by atoms with Gasteiger partial charge in [0.05, 0.1) is 11.4 Å². The summed E-state index contributed by atoms with van der Waals surface area (Å²) in [5, 5.41) is 13.7. The molecule has 0 radical (unpaired) electrons. The predicted octanol–water partition coefficient (Wildman–Crippen LogP) is 7.26. The van der Waals surface area contributed by atoms with Crippen LogP contribution in [0, 0.1) is 11.3 Å². The Kier molecular flexibility index (Phi) is 6.70. The van der Waals surface area contributed by atoms with Gasteiger partial charge in [0.1, 0.15) is 17.5 Å². The molecule has 0 aliphatic heterocycles. The Hall–Kier alpha value is -4.12. The molecule has 0 saturated carbocycles. The molecule has 0 bridgehead atoms. The second kappa shape index (κ2) is 9.97. The molecule has 2 aromatic carbocycles. The highest BCUT2D eigenvalue weighted by Crippen LogP contribution is 2.39. The van der Waals surface area contributed by atoms with E-state index < -0.39 is 11.9 Å². The zero-order valence-electron chi connectivity index (χ0n) is 21.5. The third kappa shape index (κ3) is 4.76. The summed E-state index contributed by atoms with van der Waals surface area (Å²) in [5.41, 5.74) is 6.97. The van der Waals surface area contributed by atoms with Crippen molar-refractivity contribution in [1.29, 1.82) is 5.26 Å². The summed E-state index contributed by atoms with van der Waals surface area (Å²) >= 11 is 0. The van der Waals surface area contributed by atoms with Gasteiger partial charge in [-0.15, -0.1) is 0 Å². The number of fused-ring (bicyclic) bond motifs is 1. The molecular weight excluding hydrogens is 487 g/mol. The van der Waals surface area contributed by atoms with Gasteiger partial charge in [0.15, 0.2) is 5.69 Å². The molecule has 2 heterocycles. The number of nitrogens with zero attached hydrogens (tertiary/aromatic N) is 4. The van der Waals surface area contributed by atoms with E-state index in [1.807, 2.05) is 30.3 Å². The van der Waals surface area contributed by atoms with Gasteiger partial charge >= 0.3 is 6.18 Å². The number of rotatable bonds is 6. The van der Waals surface area contributed by atoms with Crippen molar-refractivity contribution in [2.45, 2.75) is 51.7 Å². The molecule has 194 valence electrons. The first-order chi connectivity index (χ1) is 18.2. The number of nitriles is 1. The summed E-state index contributed by atoms with van der Waals surface area (Å²) in [5.74, 6) is 0.540. The normalized spacial score (nSPS) is 13.0. The van der Waals surface area contributed by atoms with Gasteiger partial charge in [-0.05, 0) is 41.9 Å². The zero-order valence-corrected chi connectivity index (χ0v) is 21.5. The molecule has 5 rings (SSSR count). The van der Waals surface area contributed by atoms with E-state index in [1.165, 1.54) is 4.57 Å². The van der Waals surface area contributed by atoms with Crippen LogP contribution in [-0.2, 0) is 32.6 Å². The number of nitrogens with one attached hydrogen (secondary N) is 1. The number of halogens is 3. The van der Waals surface area contributed by atoms with E-state index in [0.29, 0.717) is 23.4 Å². The quantitative estimate of drug-likeness (QED) is 0.293. The lowest BCUT2D eigenvalue weighted by Crippen LogP contribution is -2.09. The van der Waals surface area contributed by atoms with Crippen LogP contribution in [0.15, 0.2) is 54.7 Å². The number of hydrogen-bond acceptors (Lipinski definition) is 4. The van der Waals surface area contributed by atoms with Crippen molar-refractivity contribution in [3.63, 3.8) is 0 Å². The van der Waals surface area contributed by atoms with Gasteiger partial charge in [0.25, 0.3) is 0 Å². The number of aromatic nitrogens is 3. The van der Waals surface area contributed by atoms with E-state index in [2.05, 4.69) is 36.3 Å². The first kappa shape index (κ1) is 25.5. The average Bonchev–Trinajstić information content (AvgIpc) is 3.53.